The maximum Gasteiger partial charge on any atom is 0.267 e. The van der Waals surface area contributed by atoms with E-state index in [1.165, 1.54) is 12.3 Å². The molecule has 154 valence electrons. The minimum Gasteiger partial charge on any atom is -0.399 e. The van der Waals surface area contributed by atoms with Crippen molar-refractivity contribution in [2.45, 2.75) is 6.54 Å². The van der Waals surface area contributed by atoms with Crippen molar-refractivity contribution in [3.8, 4) is 16.9 Å². The quantitative estimate of drug-likeness (QED) is 0.412. The molecule has 0 spiro atoms. The number of nitrogens with zero attached hydrogens (tertiary/aromatic N) is 4. The number of nitrogens with two attached hydrogens (primary N) is 2. The first-order valence-electron chi connectivity index (χ1n) is 9.41. The second-order valence-corrected chi connectivity index (χ2v) is 6.82. The lowest BCUT2D eigenvalue weighted by atomic mass is 10.1. The fraction of sp³-hybridized carbons (Fsp3) is 0.0455. The fourth-order valence-electron chi connectivity index (χ4n) is 2.97. The molecule has 0 bridgehead atoms. The molecule has 0 radical (unpaired) electrons. The van der Waals surface area contributed by atoms with Gasteiger partial charge in [0.05, 0.1) is 11.9 Å². The van der Waals surface area contributed by atoms with Gasteiger partial charge in [-0.05, 0) is 42.0 Å². The van der Waals surface area contributed by atoms with E-state index in [9.17, 15) is 9.59 Å². The Labute approximate surface area is 177 Å². The first kappa shape index (κ1) is 19.8. The third kappa shape index (κ3) is 4.56. The lowest BCUT2D eigenvalue weighted by molar-refractivity contribution is 0.0949. The topological polar surface area (TPSA) is 142 Å². The van der Waals surface area contributed by atoms with Crippen LogP contribution in [0.2, 0.25) is 0 Å². The number of hydrogen-bond donors (Lipinski definition) is 3. The highest BCUT2D eigenvalue weighted by molar-refractivity contribution is 5.94. The first-order valence-corrected chi connectivity index (χ1v) is 9.41. The van der Waals surface area contributed by atoms with Gasteiger partial charge in [0, 0.05) is 29.6 Å². The van der Waals surface area contributed by atoms with E-state index in [-0.39, 0.29) is 18.1 Å². The average molecular weight is 413 g/mol. The molecule has 0 aliphatic rings. The van der Waals surface area contributed by atoms with Crippen LogP contribution in [0.5, 0.6) is 0 Å². The summed E-state index contributed by atoms with van der Waals surface area (Å²) in [4.78, 5) is 27.6. The number of pyridine rings is 1. The van der Waals surface area contributed by atoms with Crippen molar-refractivity contribution in [2.24, 2.45) is 5.73 Å². The summed E-state index contributed by atoms with van der Waals surface area (Å²) in [7, 11) is 0. The van der Waals surface area contributed by atoms with Crippen LogP contribution < -0.4 is 16.8 Å². The van der Waals surface area contributed by atoms with E-state index in [0.29, 0.717) is 22.6 Å². The van der Waals surface area contributed by atoms with Gasteiger partial charge in [0.15, 0.2) is 0 Å². The predicted molar refractivity (Wildman–Crippen MR) is 115 cm³/mol. The summed E-state index contributed by atoms with van der Waals surface area (Å²) in [5.41, 5.74) is 15.3. The highest BCUT2D eigenvalue weighted by Gasteiger charge is 2.10. The normalized spacial score (nSPS) is 10.6. The minimum atomic E-state index is -0.598. The zero-order valence-corrected chi connectivity index (χ0v) is 16.4. The molecule has 0 aliphatic heterocycles. The molecule has 9 heteroatoms. The average Bonchev–Trinajstić information content (AvgIpc) is 3.28. The number of benzene rings is 2. The SMILES string of the molecule is NC(=O)c1ccc(CNC(=O)c2cccc(-n3cc(-c4cccc(N)c4)nn3)c2)cn1. The lowest BCUT2D eigenvalue weighted by Gasteiger charge is -2.07. The van der Waals surface area contributed by atoms with Gasteiger partial charge >= 0.3 is 0 Å². The van der Waals surface area contributed by atoms with E-state index in [0.717, 1.165) is 11.1 Å². The molecule has 2 aromatic heterocycles. The highest BCUT2D eigenvalue weighted by atomic mass is 16.2. The summed E-state index contributed by atoms with van der Waals surface area (Å²) >= 11 is 0. The van der Waals surface area contributed by atoms with E-state index in [1.807, 2.05) is 24.3 Å². The number of carbonyl (C=O) groups is 2. The molecule has 2 amide bonds. The highest BCUT2D eigenvalue weighted by Crippen LogP contribution is 2.20. The molecule has 9 nitrogen and oxygen atoms in total. The molecule has 0 fully saturated rings. The number of carbonyl (C=O) groups excluding carboxylic acids is 2. The van der Waals surface area contributed by atoms with Gasteiger partial charge in [-0.25, -0.2) is 4.68 Å². The smallest absolute Gasteiger partial charge is 0.267 e. The van der Waals surface area contributed by atoms with Gasteiger partial charge in [0.2, 0.25) is 0 Å². The number of hydrogen-bond acceptors (Lipinski definition) is 6. The van der Waals surface area contributed by atoms with Crippen molar-refractivity contribution in [3.05, 3.63) is 89.9 Å². The van der Waals surface area contributed by atoms with Crippen LogP contribution in [-0.2, 0) is 6.54 Å². The lowest BCUT2D eigenvalue weighted by Crippen LogP contribution is -2.23. The summed E-state index contributed by atoms with van der Waals surface area (Å²) < 4.78 is 1.60. The fourth-order valence-corrected chi connectivity index (χ4v) is 2.97. The maximum atomic E-state index is 12.6. The van der Waals surface area contributed by atoms with E-state index in [1.54, 1.807) is 41.2 Å². The monoisotopic (exact) mass is 413 g/mol. The van der Waals surface area contributed by atoms with Crippen molar-refractivity contribution in [3.63, 3.8) is 0 Å². The van der Waals surface area contributed by atoms with Crippen molar-refractivity contribution < 1.29 is 9.59 Å². The zero-order chi connectivity index (χ0) is 21.8. The number of nitrogen functional groups attached to an aromatic ring is 1. The molecule has 4 aromatic rings. The van der Waals surface area contributed by atoms with Crippen LogP contribution in [0.25, 0.3) is 16.9 Å². The summed E-state index contributed by atoms with van der Waals surface area (Å²) in [5.74, 6) is -0.851. The summed E-state index contributed by atoms with van der Waals surface area (Å²) in [6.07, 6.45) is 3.28. The van der Waals surface area contributed by atoms with Crippen molar-refractivity contribution in [2.75, 3.05) is 5.73 Å². The van der Waals surface area contributed by atoms with Gasteiger partial charge in [-0.3, -0.25) is 14.6 Å². The Morgan fingerprint density at radius 3 is 2.61 bits per heavy atom. The van der Waals surface area contributed by atoms with Gasteiger partial charge < -0.3 is 16.8 Å². The molecule has 0 saturated heterocycles. The Morgan fingerprint density at radius 1 is 1.03 bits per heavy atom. The number of aromatic nitrogens is 4. The number of rotatable bonds is 6. The third-order valence-electron chi connectivity index (χ3n) is 4.58. The standard InChI is InChI=1S/C22H19N7O2/c23-17-5-1-3-15(9-17)20-13-29(28-27-20)18-6-2-4-16(10-18)22(31)26-12-14-7-8-19(21(24)30)25-11-14/h1-11,13H,12,23H2,(H2,24,30)(H,26,31). The van der Waals surface area contributed by atoms with Gasteiger partial charge in [0.25, 0.3) is 11.8 Å². The van der Waals surface area contributed by atoms with Crippen LogP contribution in [0.3, 0.4) is 0 Å². The summed E-state index contributed by atoms with van der Waals surface area (Å²) in [6, 6.07) is 17.6. The van der Waals surface area contributed by atoms with Crippen molar-refractivity contribution >= 4 is 17.5 Å². The Balaban J connectivity index is 1.47. The number of nitrogens with one attached hydrogen (secondary N) is 1. The van der Waals surface area contributed by atoms with Crippen LogP contribution in [0.15, 0.2) is 73.1 Å². The largest absolute Gasteiger partial charge is 0.399 e. The molecule has 2 heterocycles. The van der Waals surface area contributed by atoms with Crippen molar-refractivity contribution in [1.29, 1.82) is 0 Å². The van der Waals surface area contributed by atoms with E-state index < -0.39 is 5.91 Å². The second-order valence-electron chi connectivity index (χ2n) is 6.82. The van der Waals surface area contributed by atoms with E-state index in [4.69, 9.17) is 11.5 Å². The third-order valence-corrected chi connectivity index (χ3v) is 4.58. The van der Waals surface area contributed by atoms with Gasteiger partial charge in [-0.15, -0.1) is 5.10 Å². The molecular weight excluding hydrogens is 394 g/mol. The molecule has 0 unspecified atom stereocenters. The van der Waals surface area contributed by atoms with E-state index >= 15 is 0 Å². The number of primary amides is 1. The van der Waals surface area contributed by atoms with Gasteiger partial charge in [-0.2, -0.15) is 0 Å². The molecule has 5 N–H and O–H groups in total. The molecule has 0 atom stereocenters. The van der Waals surface area contributed by atoms with Crippen LogP contribution in [0.1, 0.15) is 26.4 Å². The van der Waals surface area contributed by atoms with Crippen molar-refractivity contribution in [1.82, 2.24) is 25.3 Å². The predicted octanol–water partition coefficient (Wildman–Crippen LogP) is 1.94. The minimum absolute atomic E-state index is 0.174. The molecule has 31 heavy (non-hydrogen) atoms. The van der Waals surface area contributed by atoms with Crippen LogP contribution in [0.4, 0.5) is 5.69 Å². The number of anilines is 1. The molecule has 4 rings (SSSR count). The van der Waals surface area contributed by atoms with Crippen LogP contribution >= 0.6 is 0 Å². The summed E-state index contributed by atoms with van der Waals surface area (Å²) in [5, 5.41) is 11.2. The molecule has 2 aromatic carbocycles. The molecule has 0 aliphatic carbocycles. The Morgan fingerprint density at radius 2 is 1.87 bits per heavy atom. The second kappa shape index (κ2) is 8.46. The Kier molecular flexibility index (Phi) is 5.39. The Hall–Kier alpha value is -4.53. The summed E-state index contributed by atoms with van der Waals surface area (Å²) in [6.45, 7) is 0.262. The Bertz CT molecular complexity index is 1250. The molecule has 0 saturated carbocycles. The van der Waals surface area contributed by atoms with E-state index in [2.05, 4.69) is 20.6 Å². The maximum absolute atomic E-state index is 12.6. The number of amides is 2. The van der Waals surface area contributed by atoms with Crippen LogP contribution in [0, 0.1) is 0 Å². The van der Waals surface area contributed by atoms with Gasteiger partial charge in [-0.1, -0.05) is 29.5 Å². The van der Waals surface area contributed by atoms with Crippen LogP contribution in [-0.4, -0.2) is 31.8 Å². The molecular formula is C22H19N7O2. The first-order chi connectivity index (χ1) is 15.0. The zero-order valence-electron chi connectivity index (χ0n) is 16.4. The van der Waals surface area contributed by atoms with Gasteiger partial charge in [0.1, 0.15) is 11.4 Å².